The predicted molar refractivity (Wildman–Crippen MR) is 103 cm³/mol. The Morgan fingerprint density at radius 1 is 1.36 bits per heavy atom. The van der Waals surface area contributed by atoms with Gasteiger partial charge in [0.25, 0.3) is 0 Å². The molecule has 0 radical (unpaired) electrons. The summed E-state index contributed by atoms with van der Waals surface area (Å²) in [5, 5.41) is 9.36. The standard InChI is InChI=1S/C21H27N3O4/c1-15(2)9-19(20(26)24-12-17(13-25)10-18(24)11-22)23(3)21(27)28-14-16-7-5-4-6-8-16/h4-8,13,15,17-19H,9-10,12,14H2,1-3H3. The molecule has 0 saturated carbocycles. The second kappa shape index (κ2) is 9.88. The van der Waals surface area contributed by atoms with Gasteiger partial charge in [-0.1, -0.05) is 44.2 Å². The number of hydrogen-bond donors (Lipinski definition) is 0. The Kier molecular flexibility index (Phi) is 7.56. The topological polar surface area (TPSA) is 90.7 Å². The van der Waals surface area contributed by atoms with E-state index in [1.165, 1.54) is 16.8 Å². The molecule has 1 heterocycles. The number of amides is 2. The van der Waals surface area contributed by atoms with Crippen LogP contribution in [0.4, 0.5) is 4.79 Å². The molecular formula is C21H27N3O4. The van der Waals surface area contributed by atoms with Crippen molar-refractivity contribution in [1.29, 1.82) is 5.26 Å². The summed E-state index contributed by atoms with van der Waals surface area (Å²) in [5.41, 5.74) is 0.855. The van der Waals surface area contributed by atoms with E-state index in [9.17, 15) is 19.6 Å². The summed E-state index contributed by atoms with van der Waals surface area (Å²) >= 11 is 0. The minimum absolute atomic E-state index is 0.115. The van der Waals surface area contributed by atoms with E-state index in [-0.39, 0.29) is 30.9 Å². The number of rotatable bonds is 7. The highest BCUT2D eigenvalue weighted by Gasteiger charge is 2.40. The lowest BCUT2D eigenvalue weighted by atomic mass is 10.0. The SMILES string of the molecule is CC(C)CC(C(=O)N1CC(C=O)CC1C#N)N(C)C(=O)OCc1ccccc1. The molecule has 3 unspecified atom stereocenters. The van der Waals surface area contributed by atoms with Crippen molar-refractivity contribution in [2.45, 2.75) is 45.4 Å². The molecule has 2 amide bonds. The molecule has 7 nitrogen and oxygen atoms in total. The number of likely N-dealkylation sites (N-methyl/N-ethyl adjacent to an activating group) is 1. The van der Waals surface area contributed by atoms with Gasteiger partial charge >= 0.3 is 6.09 Å². The summed E-state index contributed by atoms with van der Waals surface area (Å²) in [6.45, 7) is 4.25. The van der Waals surface area contributed by atoms with E-state index in [1.807, 2.05) is 44.2 Å². The normalized spacial score (nSPS) is 19.8. The molecule has 1 saturated heterocycles. The van der Waals surface area contributed by atoms with E-state index >= 15 is 0 Å². The average Bonchev–Trinajstić information content (AvgIpc) is 3.13. The van der Waals surface area contributed by atoms with Crippen LogP contribution < -0.4 is 0 Å². The Bertz CT molecular complexity index is 729. The van der Waals surface area contributed by atoms with Crippen molar-refractivity contribution in [3.63, 3.8) is 0 Å². The number of ether oxygens (including phenoxy) is 1. The Balaban J connectivity index is 2.10. The summed E-state index contributed by atoms with van der Waals surface area (Å²) < 4.78 is 5.36. The van der Waals surface area contributed by atoms with Gasteiger partial charge in [0, 0.05) is 19.5 Å². The summed E-state index contributed by atoms with van der Waals surface area (Å²) in [5.74, 6) is -0.504. The molecule has 1 aromatic rings. The van der Waals surface area contributed by atoms with E-state index in [4.69, 9.17) is 4.74 Å². The molecule has 0 bridgehead atoms. The van der Waals surface area contributed by atoms with Crippen LogP contribution in [0.25, 0.3) is 0 Å². The van der Waals surface area contributed by atoms with Crippen LogP contribution in [-0.2, 0) is 20.9 Å². The van der Waals surface area contributed by atoms with Gasteiger partial charge < -0.3 is 14.4 Å². The number of carbonyl (C=O) groups is 3. The second-order valence-corrected chi connectivity index (χ2v) is 7.56. The molecule has 0 aromatic heterocycles. The minimum atomic E-state index is -0.746. The third-order valence-corrected chi connectivity index (χ3v) is 4.90. The first-order chi connectivity index (χ1) is 13.4. The van der Waals surface area contributed by atoms with Crippen molar-refractivity contribution in [3.05, 3.63) is 35.9 Å². The summed E-state index contributed by atoms with van der Waals surface area (Å²) in [6.07, 6.45) is 0.966. The third-order valence-electron chi connectivity index (χ3n) is 4.90. The van der Waals surface area contributed by atoms with Gasteiger partial charge in [-0.15, -0.1) is 0 Å². The maximum atomic E-state index is 13.1. The van der Waals surface area contributed by atoms with Crippen LogP contribution >= 0.6 is 0 Å². The molecule has 1 fully saturated rings. The Hall–Kier alpha value is -2.88. The van der Waals surface area contributed by atoms with Gasteiger partial charge in [-0.05, 0) is 24.3 Å². The lowest BCUT2D eigenvalue weighted by molar-refractivity contribution is -0.136. The van der Waals surface area contributed by atoms with E-state index in [0.29, 0.717) is 12.8 Å². The molecule has 0 N–H and O–H groups in total. The second-order valence-electron chi connectivity index (χ2n) is 7.56. The number of likely N-dealkylation sites (tertiary alicyclic amines) is 1. The first-order valence-electron chi connectivity index (χ1n) is 9.46. The molecule has 7 heteroatoms. The van der Waals surface area contributed by atoms with Crippen molar-refractivity contribution < 1.29 is 19.1 Å². The highest BCUT2D eigenvalue weighted by atomic mass is 16.6. The van der Waals surface area contributed by atoms with Crippen LogP contribution in [0.15, 0.2) is 30.3 Å². The largest absolute Gasteiger partial charge is 0.445 e. The Morgan fingerprint density at radius 3 is 2.61 bits per heavy atom. The summed E-state index contributed by atoms with van der Waals surface area (Å²) in [7, 11) is 1.53. The first-order valence-corrected chi connectivity index (χ1v) is 9.46. The van der Waals surface area contributed by atoms with Crippen molar-refractivity contribution in [2.75, 3.05) is 13.6 Å². The van der Waals surface area contributed by atoms with Gasteiger partial charge in [0.05, 0.1) is 6.07 Å². The monoisotopic (exact) mass is 385 g/mol. The van der Waals surface area contributed by atoms with Gasteiger partial charge in [0.15, 0.2) is 0 Å². The van der Waals surface area contributed by atoms with Crippen LogP contribution in [0.3, 0.4) is 0 Å². The Labute approximate surface area is 165 Å². The summed E-state index contributed by atoms with van der Waals surface area (Å²) in [4.78, 5) is 39.5. The number of aldehydes is 1. The fraction of sp³-hybridized carbons (Fsp3) is 0.524. The van der Waals surface area contributed by atoms with E-state index in [1.54, 1.807) is 0 Å². The molecule has 3 atom stereocenters. The molecule has 28 heavy (non-hydrogen) atoms. The molecule has 0 aliphatic carbocycles. The van der Waals surface area contributed by atoms with Crippen LogP contribution in [0.5, 0.6) is 0 Å². The highest BCUT2D eigenvalue weighted by Crippen LogP contribution is 2.25. The molecule has 1 aliphatic rings. The quantitative estimate of drug-likeness (QED) is 0.673. The zero-order valence-corrected chi connectivity index (χ0v) is 16.6. The van der Waals surface area contributed by atoms with Crippen LogP contribution in [0.1, 0.15) is 32.3 Å². The number of hydrogen-bond acceptors (Lipinski definition) is 5. The number of benzene rings is 1. The Morgan fingerprint density at radius 2 is 2.04 bits per heavy atom. The van der Waals surface area contributed by atoms with Crippen LogP contribution in [0.2, 0.25) is 0 Å². The maximum absolute atomic E-state index is 13.1. The van der Waals surface area contributed by atoms with Crippen molar-refractivity contribution in [1.82, 2.24) is 9.80 Å². The number of nitrogens with zero attached hydrogens (tertiary/aromatic N) is 3. The molecule has 1 aliphatic heterocycles. The molecular weight excluding hydrogens is 358 g/mol. The molecule has 1 aromatic carbocycles. The zero-order valence-electron chi connectivity index (χ0n) is 16.6. The van der Waals surface area contributed by atoms with Gasteiger partial charge in [-0.25, -0.2) is 4.79 Å². The fourth-order valence-corrected chi connectivity index (χ4v) is 3.34. The molecule has 2 rings (SSSR count). The van der Waals surface area contributed by atoms with Gasteiger partial charge in [-0.2, -0.15) is 5.26 Å². The average molecular weight is 385 g/mol. The van der Waals surface area contributed by atoms with Gasteiger partial charge in [0.2, 0.25) is 5.91 Å². The lowest BCUT2D eigenvalue weighted by Gasteiger charge is -2.32. The van der Waals surface area contributed by atoms with Crippen LogP contribution in [-0.4, -0.2) is 53.8 Å². The maximum Gasteiger partial charge on any atom is 0.410 e. The lowest BCUT2D eigenvalue weighted by Crippen LogP contribution is -2.51. The molecule has 0 spiro atoms. The van der Waals surface area contributed by atoms with Gasteiger partial charge in [-0.3, -0.25) is 9.69 Å². The van der Waals surface area contributed by atoms with Crippen molar-refractivity contribution >= 4 is 18.3 Å². The third kappa shape index (κ3) is 5.32. The predicted octanol–water partition coefficient (Wildman–Crippen LogP) is 2.61. The van der Waals surface area contributed by atoms with E-state index in [0.717, 1.165) is 11.8 Å². The smallest absolute Gasteiger partial charge is 0.410 e. The summed E-state index contributed by atoms with van der Waals surface area (Å²) in [6, 6.07) is 10.00. The number of nitriles is 1. The molecule has 150 valence electrons. The van der Waals surface area contributed by atoms with Crippen LogP contribution in [0, 0.1) is 23.2 Å². The van der Waals surface area contributed by atoms with E-state index in [2.05, 4.69) is 6.07 Å². The minimum Gasteiger partial charge on any atom is -0.445 e. The highest BCUT2D eigenvalue weighted by molar-refractivity contribution is 5.86. The first kappa shape index (κ1) is 21.4. The van der Waals surface area contributed by atoms with Gasteiger partial charge in [0.1, 0.15) is 25.0 Å². The van der Waals surface area contributed by atoms with Crippen molar-refractivity contribution in [3.8, 4) is 6.07 Å². The fourth-order valence-electron chi connectivity index (χ4n) is 3.34. The number of carbonyl (C=O) groups excluding carboxylic acids is 3. The van der Waals surface area contributed by atoms with Crippen molar-refractivity contribution in [2.24, 2.45) is 11.8 Å². The van der Waals surface area contributed by atoms with E-state index < -0.39 is 18.2 Å². The zero-order chi connectivity index (χ0) is 20.7.